The molecule has 0 amide bonds. The van der Waals surface area contributed by atoms with Crippen LogP contribution in [0.25, 0.3) is 0 Å². The molecule has 2 fully saturated rings. The summed E-state index contributed by atoms with van der Waals surface area (Å²) in [5, 5.41) is 0.362. The average Bonchev–Trinajstić information content (AvgIpc) is 2.38. The maximum atomic E-state index is 5.89. The van der Waals surface area contributed by atoms with Gasteiger partial charge in [-0.15, -0.1) is 0 Å². The smallest absolute Gasteiger partial charge is 0.224 e. The fourth-order valence-corrected chi connectivity index (χ4v) is 3.54. The van der Waals surface area contributed by atoms with Gasteiger partial charge in [0.15, 0.2) is 0 Å². The predicted octanol–water partition coefficient (Wildman–Crippen LogP) is 3.29. The third-order valence-electron chi connectivity index (χ3n) is 4.15. The first-order valence-electron chi connectivity index (χ1n) is 6.60. The van der Waals surface area contributed by atoms with E-state index in [9.17, 15) is 0 Å². The third kappa shape index (κ3) is 2.25. The Hall–Kier alpha value is -0.830. The molecular weight excluding hydrogens is 234 g/mol. The number of hydrogen-bond acceptors (Lipinski definition) is 3. The Kier molecular flexibility index (Phi) is 3.19. The van der Waals surface area contributed by atoms with Crippen LogP contribution in [0.2, 0.25) is 5.28 Å². The molecule has 0 spiro atoms. The lowest BCUT2D eigenvalue weighted by Crippen LogP contribution is -2.47. The number of halogens is 1. The quantitative estimate of drug-likeness (QED) is 0.718. The Labute approximate surface area is 107 Å². The van der Waals surface area contributed by atoms with Gasteiger partial charge in [0.25, 0.3) is 0 Å². The van der Waals surface area contributed by atoms with Gasteiger partial charge in [0.05, 0.1) is 0 Å². The standard InChI is InChI=1S/C13H18ClN3/c14-13-15-8-7-12(16-13)17-9-3-5-10-4-1-2-6-11(10)17/h7-8,10-11H,1-6,9H2/t10-,11-/m1/s1. The lowest BCUT2D eigenvalue weighted by atomic mass is 9.78. The van der Waals surface area contributed by atoms with Crippen molar-refractivity contribution in [3.63, 3.8) is 0 Å². The van der Waals surface area contributed by atoms with Crippen molar-refractivity contribution < 1.29 is 0 Å². The molecule has 0 N–H and O–H groups in total. The van der Waals surface area contributed by atoms with Crippen molar-refractivity contribution >= 4 is 17.4 Å². The Bertz CT molecular complexity index is 394. The van der Waals surface area contributed by atoms with Crippen LogP contribution in [0.3, 0.4) is 0 Å². The summed E-state index contributed by atoms with van der Waals surface area (Å²) in [6, 6.07) is 2.67. The molecule has 1 saturated heterocycles. The lowest BCUT2D eigenvalue weighted by Gasteiger charge is -2.44. The molecule has 2 heterocycles. The molecule has 1 aliphatic heterocycles. The Morgan fingerprint density at radius 3 is 2.88 bits per heavy atom. The van der Waals surface area contributed by atoms with E-state index in [1.165, 1.54) is 38.5 Å². The molecule has 3 nitrogen and oxygen atoms in total. The highest BCUT2D eigenvalue weighted by atomic mass is 35.5. The highest BCUT2D eigenvalue weighted by Crippen LogP contribution is 2.37. The summed E-state index contributed by atoms with van der Waals surface area (Å²) in [5.41, 5.74) is 0. The minimum Gasteiger partial charge on any atom is -0.353 e. The average molecular weight is 252 g/mol. The molecular formula is C13H18ClN3. The van der Waals surface area contributed by atoms with E-state index in [0.29, 0.717) is 11.3 Å². The van der Waals surface area contributed by atoms with E-state index in [1.54, 1.807) is 6.20 Å². The summed E-state index contributed by atoms with van der Waals surface area (Å²) >= 11 is 5.89. The summed E-state index contributed by atoms with van der Waals surface area (Å²) in [6.07, 6.45) is 9.89. The zero-order valence-electron chi connectivity index (χ0n) is 9.98. The summed E-state index contributed by atoms with van der Waals surface area (Å²) in [4.78, 5) is 10.8. The zero-order chi connectivity index (χ0) is 11.7. The summed E-state index contributed by atoms with van der Waals surface area (Å²) in [5.74, 6) is 1.88. The van der Waals surface area contributed by atoms with Crippen molar-refractivity contribution in [1.82, 2.24) is 9.97 Å². The van der Waals surface area contributed by atoms with Crippen LogP contribution < -0.4 is 4.90 Å². The molecule has 1 aromatic heterocycles. The second kappa shape index (κ2) is 4.81. The fraction of sp³-hybridized carbons (Fsp3) is 0.692. The van der Waals surface area contributed by atoms with Crippen LogP contribution >= 0.6 is 11.6 Å². The molecule has 2 atom stereocenters. The normalized spacial score (nSPS) is 28.9. The Morgan fingerprint density at radius 1 is 1.18 bits per heavy atom. The number of hydrogen-bond donors (Lipinski definition) is 0. The number of nitrogens with zero attached hydrogens (tertiary/aromatic N) is 3. The van der Waals surface area contributed by atoms with E-state index in [1.807, 2.05) is 6.07 Å². The fourth-order valence-electron chi connectivity index (χ4n) is 3.40. The highest BCUT2D eigenvalue weighted by molar-refractivity contribution is 6.28. The number of fused-ring (bicyclic) bond motifs is 1. The molecule has 2 aliphatic rings. The van der Waals surface area contributed by atoms with Crippen LogP contribution in [0.1, 0.15) is 38.5 Å². The number of anilines is 1. The van der Waals surface area contributed by atoms with Crippen molar-refractivity contribution in [3.05, 3.63) is 17.5 Å². The Morgan fingerprint density at radius 2 is 2.00 bits per heavy atom. The van der Waals surface area contributed by atoms with Crippen molar-refractivity contribution in [2.75, 3.05) is 11.4 Å². The first-order chi connectivity index (χ1) is 8.34. The molecule has 17 heavy (non-hydrogen) atoms. The minimum absolute atomic E-state index is 0.362. The summed E-state index contributed by atoms with van der Waals surface area (Å²) in [7, 11) is 0. The van der Waals surface area contributed by atoms with E-state index in [4.69, 9.17) is 11.6 Å². The molecule has 0 aromatic carbocycles. The molecule has 0 bridgehead atoms. The van der Waals surface area contributed by atoms with Crippen LogP contribution in [-0.4, -0.2) is 22.6 Å². The maximum absolute atomic E-state index is 5.89. The molecule has 0 radical (unpaired) electrons. The lowest BCUT2D eigenvalue weighted by molar-refractivity contribution is 0.242. The number of aromatic nitrogens is 2. The molecule has 0 unspecified atom stereocenters. The SMILES string of the molecule is Clc1nccc(N2CCC[C@H]3CCCC[C@H]32)n1. The van der Waals surface area contributed by atoms with Gasteiger partial charge < -0.3 is 4.90 Å². The maximum Gasteiger partial charge on any atom is 0.224 e. The van der Waals surface area contributed by atoms with E-state index in [2.05, 4.69) is 14.9 Å². The number of rotatable bonds is 1. The van der Waals surface area contributed by atoms with Gasteiger partial charge in [0.2, 0.25) is 5.28 Å². The van der Waals surface area contributed by atoms with E-state index < -0.39 is 0 Å². The predicted molar refractivity (Wildman–Crippen MR) is 69.4 cm³/mol. The largest absolute Gasteiger partial charge is 0.353 e. The third-order valence-corrected chi connectivity index (χ3v) is 4.33. The van der Waals surface area contributed by atoms with Gasteiger partial charge in [0, 0.05) is 18.8 Å². The monoisotopic (exact) mass is 251 g/mol. The van der Waals surface area contributed by atoms with Crippen LogP contribution in [0, 0.1) is 5.92 Å². The van der Waals surface area contributed by atoms with Crippen LogP contribution in [0.15, 0.2) is 12.3 Å². The van der Waals surface area contributed by atoms with Crippen LogP contribution in [0.5, 0.6) is 0 Å². The topological polar surface area (TPSA) is 29.0 Å². The molecule has 4 heteroatoms. The zero-order valence-corrected chi connectivity index (χ0v) is 10.7. The molecule has 1 aliphatic carbocycles. The highest BCUT2D eigenvalue weighted by Gasteiger charge is 2.33. The first-order valence-corrected chi connectivity index (χ1v) is 6.97. The van der Waals surface area contributed by atoms with Crippen LogP contribution in [-0.2, 0) is 0 Å². The van der Waals surface area contributed by atoms with Crippen molar-refractivity contribution in [2.24, 2.45) is 5.92 Å². The van der Waals surface area contributed by atoms with E-state index >= 15 is 0 Å². The van der Waals surface area contributed by atoms with Crippen molar-refractivity contribution in [2.45, 2.75) is 44.6 Å². The van der Waals surface area contributed by atoms with Gasteiger partial charge in [-0.25, -0.2) is 9.97 Å². The molecule has 1 aromatic rings. The minimum atomic E-state index is 0.362. The van der Waals surface area contributed by atoms with Gasteiger partial charge in [-0.05, 0) is 49.3 Å². The second-order valence-electron chi connectivity index (χ2n) is 5.13. The van der Waals surface area contributed by atoms with E-state index in [0.717, 1.165) is 18.3 Å². The van der Waals surface area contributed by atoms with Gasteiger partial charge in [-0.1, -0.05) is 12.8 Å². The van der Waals surface area contributed by atoms with Gasteiger partial charge in [-0.2, -0.15) is 0 Å². The van der Waals surface area contributed by atoms with Crippen molar-refractivity contribution in [3.8, 4) is 0 Å². The Balaban J connectivity index is 1.85. The van der Waals surface area contributed by atoms with Crippen LogP contribution in [0.4, 0.5) is 5.82 Å². The number of piperidine rings is 1. The second-order valence-corrected chi connectivity index (χ2v) is 5.47. The van der Waals surface area contributed by atoms with E-state index in [-0.39, 0.29) is 0 Å². The van der Waals surface area contributed by atoms with Gasteiger partial charge in [0.1, 0.15) is 5.82 Å². The van der Waals surface area contributed by atoms with Crippen molar-refractivity contribution in [1.29, 1.82) is 0 Å². The first kappa shape index (κ1) is 11.3. The van der Waals surface area contributed by atoms with Gasteiger partial charge >= 0.3 is 0 Å². The molecule has 92 valence electrons. The summed E-state index contributed by atoms with van der Waals surface area (Å²) in [6.45, 7) is 1.12. The summed E-state index contributed by atoms with van der Waals surface area (Å²) < 4.78 is 0. The molecule has 3 rings (SSSR count). The molecule has 1 saturated carbocycles. The van der Waals surface area contributed by atoms with Gasteiger partial charge in [-0.3, -0.25) is 0 Å².